The number of rotatable bonds is 3. The van der Waals surface area contributed by atoms with Crippen molar-refractivity contribution in [2.75, 3.05) is 12.1 Å². The summed E-state index contributed by atoms with van der Waals surface area (Å²) >= 11 is 0. The number of carbonyl (C=O) groups is 1. The fourth-order valence-electron chi connectivity index (χ4n) is 1.50. The lowest BCUT2D eigenvalue weighted by Gasteiger charge is -2.21. The second kappa shape index (κ2) is 4.68. The van der Waals surface area contributed by atoms with Crippen LogP contribution in [0.5, 0.6) is 11.5 Å². The van der Waals surface area contributed by atoms with Crippen LogP contribution < -0.4 is 20.5 Å². The molecule has 0 unspecified atom stereocenters. The molecule has 1 aromatic rings. The quantitative estimate of drug-likeness (QED) is 0.329. The summed E-state index contributed by atoms with van der Waals surface area (Å²) in [6.07, 6.45) is 0. The second-order valence-corrected chi connectivity index (χ2v) is 4.63. The van der Waals surface area contributed by atoms with E-state index in [9.17, 15) is 4.79 Å². The van der Waals surface area contributed by atoms with E-state index >= 15 is 0 Å². The molecule has 1 aromatic carbocycles. The third-order valence-electron chi connectivity index (χ3n) is 2.95. The maximum atomic E-state index is 12.1. The number of amidine groups is 1. The zero-order valence-electron chi connectivity index (χ0n) is 10.6. The van der Waals surface area contributed by atoms with Gasteiger partial charge in [0.2, 0.25) is 12.7 Å². The standard InChI is InChI=1S/C12H15N3O4/c1-12(2,10(13)15-17)11(16)14-7-3-4-8-9(5-7)19-6-18-8/h3-5,17H,6H2,1-2H3,(H2,13,15)(H,14,16). The van der Waals surface area contributed by atoms with Gasteiger partial charge in [-0.2, -0.15) is 0 Å². The molecule has 0 spiro atoms. The molecule has 1 aliphatic heterocycles. The topological polar surface area (TPSA) is 106 Å². The molecule has 102 valence electrons. The van der Waals surface area contributed by atoms with Crippen LogP contribution in [0.25, 0.3) is 0 Å². The molecule has 1 heterocycles. The van der Waals surface area contributed by atoms with Gasteiger partial charge in [-0.05, 0) is 26.0 Å². The minimum absolute atomic E-state index is 0.161. The van der Waals surface area contributed by atoms with Crippen LogP contribution in [0, 0.1) is 5.41 Å². The van der Waals surface area contributed by atoms with Crippen LogP contribution in [-0.4, -0.2) is 23.7 Å². The van der Waals surface area contributed by atoms with Crippen LogP contribution in [0.1, 0.15) is 13.8 Å². The number of hydrogen-bond acceptors (Lipinski definition) is 5. The normalized spacial score (nSPS) is 14.3. The van der Waals surface area contributed by atoms with Crippen molar-refractivity contribution in [3.8, 4) is 11.5 Å². The molecule has 19 heavy (non-hydrogen) atoms. The highest BCUT2D eigenvalue weighted by Gasteiger charge is 2.33. The summed E-state index contributed by atoms with van der Waals surface area (Å²) in [4.78, 5) is 12.1. The Bertz CT molecular complexity index is 540. The van der Waals surface area contributed by atoms with Crippen molar-refractivity contribution in [2.45, 2.75) is 13.8 Å². The molecule has 0 atom stereocenters. The van der Waals surface area contributed by atoms with Gasteiger partial charge in [0.15, 0.2) is 17.3 Å². The lowest BCUT2D eigenvalue weighted by Crippen LogP contribution is -2.42. The lowest BCUT2D eigenvalue weighted by atomic mass is 9.91. The number of ether oxygens (including phenoxy) is 2. The van der Waals surface area contributed by atoms with Gasteiger partial charge in [0.25, 0.3) is 0 Å². The van der Waals surface area contributed by atoms with Crippen LogP contribution in [0.2, 0.25) is 0 Å². The Morgan fingerprint density at radius 1 is 1.42 bits per heavy atom. The number of nitrogens with zero attached hydrogens (tertiary/aromatic N) is 1. The van der Waals surface area contributed by atoms with E-state index in [0.29, 0.717) is 17.2 Å². The smallest absolute Gasteiger partial charge is 0.237 e. The number of benzene rings is 1. The van der Waals surface area contributed by atoms with Crippen LogP contribution >= 0.6 is 0 Å². The number of carbonyl (C=O) groups excluding carboxylic acids is 1. The Hall–Kier alpha value is -2.44. The van der Waals surface area contributed by atoms with E-state index in [2.05, 4.69) is 10.5 Å². The van der Waals surface area contributed by atoms with Crippen molar-refractivity contribution < 1.29 is 19.5 Å². The molecule has 0 bridgehead atoms. The van der Waals surface area contributed by atoms with E-state index in [4.69, 9.17) is 20.4 Å². The molecular formula is C12H15N3O4. The minimum atomic E-state index is -1.12. The average Bonchev–Trinajstić information content (AvgIpc) is 2.84. The van der Waals surface area contributed by atoms with Gasteiger partial charge in [-0.3, -0.25) is 4.79 Å². The highest BCUT2D eigenvalue weighted by atomic mass is 16.7. The van der Waals surface area contributed by atoms with E-state index in [-0.39, 0.29) is 18.5 Å². The number of nitrogens with one attached hydrogen (secondary N) is 1. The summed E-state index contributed by atoms with van der Waals surface area (Å²) in [5.41, 5.74) is 4.92. The Balaban J connectivity index is 2.15. The number of hydrogen-bond donors (Lipinski definition) is 3. The molecule has 7 nitrogen and oxygen atoms in total. The first-order valence-electron chi connectivity index (χ1n) is 5.64. The van der Waals surface area contributed by atoms with E-state index in [1.807, 2.05) is 0 Å². The van der Waals surface area contributed by atoms with Crippen LogP contribution in [-0.2, 0) is 4.79 Å². The average molecular weight is 265 g/mol. The van der Waals surface area contributed by atoms with Gasteiger partial charge in [-0.1, -0.05) is 5.16 Å². The van der Waals surface area contributed by atoms with Crippen molar-refractivity contribution in [1.82, 2.24) is 0 Å². The van der Waals surface area contributed by atoms with Gasteiger partial charge in [0, 0.05) is 11.8 Å². The molecule has 2 rings (SSSR count). The molecule has 0 fully saturated rings. The molecule has 0 saturated heterocycles. The Kier molecular flexibility index (Phi) is 3.20. The first-order chi connectivity index (χ1) is 8.95. The number of amides is 1. The summed E-state index contributed by atoms with van der Waals surface area (Å²) < 4.78 is 10.4. The van der Waals surface area contributed by atoms with E-state index in [1.54, 1.807) is 32.0 Å². The Morgan fingerprint density at radius 2 is 2.11 bits per heavy atom. The molecule has 0 saturated carbocycles. The van der Waals surface area contributed by atoms with Gasteiger partial charge >= 0.3 is 0 Å². The van der Waals surface area contributed by atoms with Gasteiger partial charge in [0.05, 0.1) is 0 Å². The molecule has 1 aliphatic rings. The zero-order chi connectivity index (χ0) is 14.0. The fourth-order valence-corrected chi connectivity index (χ4v) is 1.50. The second-order valence-electron chi connectivity index (χ2n) is 4.63. The monoisotopic (exact) mass is 265 g/mol. The van der Waals surface area contributed by atoms with Crippen LogP contribution in [0.4, 0.5) is 5.69 Å². The van der Waals surface area contributed by atoms with Crippen molar-refractivity contribution in [1.29, 1.82) is 0 Å². The molecule has 0 aliphatic carbocycles. The third-order valence-corrected chi connectivity index (χ3v) is 2.95. The lowest BCUT2D eigenvalue weighted by molar-refractivity contribution is -0.121. The third kappa shape index (κ3) is 2.40. The van der Waals surface area contributed by atoms with Gasteiger partial charge in [-0.15, -0.1) is 0 Å². The van der Waals surface area contributed by atoms with Crippen LogP contribution in [0.15, 0.2) is 23.4 Å². The molecule has 0 aromatic heterocycles. The largest absolute Gasteiger partial charge is 0.454 e. The summed E-state index contributed by atoms with van der Waals surface area (Å²) in [6, 6.07) is 5.05. The highest BCUT2D eigenvalue weighted by Crippen LogP contribution is 2.34. The van der Waals surface area contributed by atoms with Crippen molar-refractivity contribution in [2.24, 2.45) is 16.3 Å². The minimum Gasteiger partial charge on any atom is -0.454 e. The van der Waals surface area contributed by atoms with E-state index < -0.39 is 5.41 Å². The van der Waals surface area contributed by atoms with Gasteiger partial charge < -0.3 is 25.7 Å². The van der Waals surface area contributed by atoms with Crippen molar-refractivity contribution in [3.63, 3.8) is 0 Å². The van der Waals surface area contributed by atoms with Gasteiger partial charge in [0.1, 0.15) is 5.41 Å². The van der Waals surface area contributed by atoms with Crippen LogP contribution in [0.3, 0.4) is 0 Å². The van der Waals surface area contributed by atoms with E-state index in [1.165, 1.54) is 0 Å². The van der Waals surface area contributed by atoms with Gasteiger partial charge in [-0.25, -0.2) is 0 Å². The van der Waals surface area contributed by atoms with E-state index in [0.717, 1.165) is 0 Å². The maximum absolute atomic E-state index is 12.1. The number of anilines is 1. The summed E-state index contributed by atoms with van der Waals surface area (Å²) in [5, 5.41) is 14.2. The zero-order valence-corrected chi connectivity index (χ0v) is 10.6. The maximum Gasteiger partial charge on any atom is 0.237 e. The first-order valence-corrected chi connectivity index (χ1v) is 5.64. The fraction of sp³-hybridized carbons (Fsp3) is 0.333. The molecule has 7 heteroatoms. The SMILES string of the molecule is CC(C)(C(=O)Nc1ccc2c(c1)OCO2)C(N)=NO. The summed E-state index contributed by atoms with van der Waals surface area (Å²) in [5.74, 6) is 0.653. The van der Waals surface area contributed by atoms with Crippen molar-refractivity contribution >= 4 is 17.4 Å². The predicted octanol–water partition coefficient (Wildman–Crippen LogP) is 1.13. The molecule has 0 radical (unpaired) electrons. The number of fused-ring (bicyclic) bond motifs is 1. The first kappa shape index (κ1) is 13.0. The Morgan fingerprint density at radius 3 is 2.79 bits per heavy atom. The van der Waals surface area contributed by atoms with Crippen molar-refractivity contribution in [3.05, 3.63) is 18.2 Å². The summed E-state index contributed by atoms with van der Waals surface area (Å²) in [7, 11) is 0. The Labute approximate surface area is 110 Å². The summed E-state index contributed by atoms with van der Waals surface area (Å²) in [6.45, 7) is 3.29. The molecular weight excluding hydrogens is 250 g/mol. The predicted molar refractivity (Wildman–Crippen MR) is 68.4 cm³/mol. The number of nitrogens with two attached hydrogens (primary N) is 1. The number of oxime groups is 1. The molecule has 4 N–H and O–H groups in total. The molecule has 1 amide bonds. The highest BCUT2D eigenvalue weighted by molar-refractivity contribution is 6.11.